The lowest BCUT2D eigenvalue weighted by molar-refractivity contribution is 0.348. The van der Waals surface area contributed by atoms with Gasteiger partial charge in [0.25, 0.3) is 0 Å². The van der Waals surface area contributed by atoms with E-state index in [-0.39, 0.29) is 5.82 Å². The molecule has 0 radical (unpaired) electrons. The van der Waals surface area contributed by atoms with Crippen molar-refractivity contribution in [3.63, 3.8) is 0 Å². The van der Waals surface area contributed by atoms with Crippen molar-refractivity contribution in [1.29, 1.82) is 0 Å². The predicted octanol–water partition coefficient (Wildman–Crippen LogP) is 30.6. The lowest BCUT2D eigenvalue weighted by Gasteiger charge is -2.24. The molecule has 6 unspecified atom stereocenters. The number of hydrogen-bond acceptors (Lipinski definition) is 0. The summed E-state index contributed by atoms with van der Waals surface area (Å²) >= 11 is 12.1. The summed E-state index contributed by atoms with van der Waals surface area (Å²) < 4.78 is 13.4. The second-order valence-electron chi connectivity index (χ2n) is 36.5. The van der Waals surface area contributed by atoms with Gasteiger partial charge in [0.05, 0.1) is 0 Å². The van der Waals surface area contributed by atoms with Crippen LogP contribution >= 0.6 is 23.2 Å². The minimum absolute atomic E-state index is 0.0896. The molecule has 516 valence electrons. The molecule has 1 fully saturated rings. The van der Waals surface area contributed by atoms with Crippen LogP contribution in [0.5, 0.6) is 0 Å². The highest BCUT2D eigenvalue weighted by atomic mass is 35.5. The van der Waals surface area contributed by atoms with E-state index in [1.54, 1.807) is 13.0 Å². The molecule has 0 nitrogen and oxygen atoms in total. The Hall–Kier alpha value is -4.17. The first-order chi connectivity index (χ1) is 41.9. The number of halogens is 3. The molecule has 0 bridgehead atoms. The first-order valence-corrected chi connectivity index (χ1v) is 36.1. The van der Waals surface area contributed by atoms with E-state index in [0.717, 1.165) is 39.9 Å². The Morgan fingerprint density at radius 3 is 0.924 bits per heavy atom. The highest BCUT2D eigenvalue weighted by Gasteiger charge is 2.27. The summed E-state index contributed by atoms with van der Waals surface area (Å²) in [6.07, 6.45) is 11.6. The largest absolute Gasteiger partial charge is 0.207 e. The van der Waals surface area contributed by atoms with Crippen LogP contribution in [0.2, 0.25) is 10.0 Å². The molecule has 1 aliphatic rings. The molecule has 0 N–H and O–H groups in total. The van der Waals surface area contributed by atoms with Crippen LogP contribution in [0.15, 0.2) is 146 Å². The van der Waals surface area contributed by atoms with E-state index in [0.29, 0.717) is 73.4 Å². The molecule has 0 spiro atoms. The van der Waals surface area contributed by atoms with Crippen LogP contribution in [0.25, 0.3) is 0 Å². The fourth-order valence-electron chi connectivity index (χ4n) is 12.6. The maximum atomic E-state index is 13.4. The summed E-state index contributed by atoms with van der Waals surface area (Å²) in [4.78, 5) is 0. The third-order valence-electron chi connectivity index (χ3n) is 16.4. The molecule has 6 aromatic carbocycles. The SMILES string of the molecule is CC(C)(C)CC1CC1.CC(CC(C)(C)C)c1ccc(Cl)cc1.CC(CC(C)(C)C)c1ccccc1.CC(CC(C)(C)C)c1ccccc1.Cc1ccc(C(C)CC(C)(C)C)c(Cl)c1.Cc1ccc(C(C)CC(C)(C)C)cc1.Cc1ccc(C(C)CC(C)(C)C)cc1F. The van der Waals surface area contributed by atoms with Crippen molar-refractivity contribution in [2.45, 2.75) is 301 Å². The van der Waals surface area contributed by atoms with Crippen molar-refractivity contribution >= 4 is 23.2 Å². The van der Waals surface area contributed by atoms with E-state index in [1.165, 1.54) is 83.9 Å². The molecule has 0 saturated heterocycles. The highest BCUT2D eigenvalue weighted by Crippen LogP contribution is 2.40. The van der Waals surface area contributed by atoms with Crippen molar-refractivity contribution in [2.75, 3.05) is 0 Å². The van der Waals surface area contributed by atoms with Gasteiger partial charge in [-0.25, -0.2) is 4.39 Å². The molecule has 7 rings (SSSR count). The molecule has 0 aromatic heterocycles. The van der Waals surface area contributed by atoms with Gasteiger partial charge < -0.3 is 0 Å². The fourth-order valence-corrected chi connectivity index (χ4v) is 13.1. The molecular formula is C89H139Cl2F. The summed E-state index contributed by atoms with van der Waals surface area (Å²) in [5.74, 6) is 4.55. The van der Waals surface area contributed by atoms with E-state index in [4.69, 9.17) is 23.2 Å². The average molecular weight is 1300 g/mol. The highest BCUT2D eigenvalue weighted by molar-refractivity contribution is 6.31. The van der Waals surface area contributed by atoms with Gasteiger partial charge >= 0.3 is 0 Å². The second kappa shape index (κ2) is 39.1. The van der Waals surface area contributed by atoms with Gasteiger partial charge in [0.1, 0.15) is 5.82 Å². The third kappa shape index (κ3) is 43.0. The Balaban J connectivity index is 0.000000540. The van der Waals surface area contributed by atoms with Crippen LogP contribution < -0.4 is 0 Å². The van der Waals surface area contributed by atoms with Gasteiger partial charge in [-0.05, 0) is 214 Å². The second-order valence-corrected chi connectivity index (χ2v) is 37.4. The summed E-state index contributed by atoms with van der Waals surface area (Å²) in [6.45, 7) is 67.6. The van der Waals surface area contributed by atoms with Crippen molar-refractivity contribution in [3.8, 4) is 0 Å². The van der Waals surface area contributed by atoms with Crippen LogP contribution in [-0.4, -0.2) is 0 Å². The summed E-state index contributed by atoms with van der Waals surface area (Å²) in [5.41, 5.74) is 14.3. The van der Waals surface area contributed by atoms with Crippen molar-refractivity contribution in [2.24, 2.45) is 43.8 Å². The monoisotopic (exact) mass is 1300 g/mol. The lowest BCUT2D eigenvalue weighted by Crippen LogP contribution is -2.10. The Morgan fingerprint density at radius 1 is 0.337 bits per heavy atom. The van der Waals surface area contributed by atoms with E-state index in [1.807, 2.05) is 24.3 Å². The molecular weight excluding hydrogens is 1160 g/mol. The minimum atomic E-state index is -0.0896. The summed E-state index contributed by atoms with van der Waals surface area (Å²) in [5, 5.41) is 1.73. The average Bonchev–Trinajstić information content (AvgIpc) is 2.76. The quantitative estimate of drug-likeness (QED) is 0.108. The van der Waals surface area contributed by atoms with Crippen molar-refractivity contribution < 1.29 is 4.39 Å². The Bertz CT molecular complexity index is 2770. The lowest BCUT2D eigenvalue weighted by atomic mass is 9.82. The zero-order chi connectivity index (χ0) is 70.8. The Morgan fingerprint density at radius 2 is 0.630 bits per heavy atom. The van der Waals surface area contributed by atoms with Gasteiger partial charge in [0.15, 0.2) is 0 Å². The maximum Gasteiger partial charge on any atom is 0.126 e. The molecule has 1 saturated carbocycles. The van der Waals surface area contributed by atoms with Gasteiger partial charge in [-0.2, -0.15) is 0 Å². The molecule has 0 heterocycles. The number of hydrogen-bond donors (Lipinski definition) is 0. The normalized spacial score (nSPS) is 14.7. The first-order valence-electron chi connectivity index (χ1n) is 35.4. The van der Waals surface area contributed by atoms with Crippen LogP contribution in [-0.2, 0) is 0 Å². The summed E-state index contributed by atoms with van der Waals surface area (Å²) in [6, 6.07) is 50.5. The zero-order valence-corrected chi connectivity index (χ0v) is 66.4. The summed E-state index contributed by atoms with van der Waals surface area (Å²) in [7, 11) is 0. The fraction of sp³-hybridized carbons (Fsp3) is 0.596. The van der Waals surface area contributed by atoms with Crippen LogP contribution in [0, 0.1) is 70.4 Å². The van der Waals surface area contributed by atoms with Gasteiger partial charge in [-0.1, -0.05) is 350 Å². The predicted molar refractivity (Wildman–Crippen MR) is 415 cm³/mol. The Kier molecular flexibility index (Phi) is 36.5. The van der Waals surface area contributed by atoms with E-state index >= 15 is 0 Å². The standard InChI is InChI=1S/C14H21Cl.C14H21F.C14H22.C13H19Cl.2C13H20.C8H16/c1-10-6-7-12(13(15)8-10)11(2)9-14(3,4)5;1-10-6-7-12(8-13(10)15)11(2)9-14(3,4)5;1-11-6-8-13(9-7-11)12(2)10-14(3,4)5;1-10(9-13(2,3)4)11-5-7-12(14)8-6-11;2*1-11(10-13(2,3)4)12-8-6-5-7-9-12;1-8(2,3)6-7-4-5-7/h2*6-8,11H,9H2,1-5H3;6-9,12H,10H2,1-5H3;5-8,10H,9H2,1-4H3;2*5-9,11H,10H2,1-4H3;7H,4-6H2,1-3H3. The van der Waals surface area contributed by atoms with Gasteiger partial charge in [-0.15, -0.1) is 0 Å². The molecule has 0 amide bonds. The molecule has 0 aliphatic heterocycles. The van der Waals surface area contributed by atoms with Crippen molar-refractivity contribution in [3.05, 3.63) is 212 Å². The van der Waals surface area contributed by atoms with Gasteiger partial charge in [0, 0.05) is 10.0 Å². The van der Waals surface area contributed by atoms with Crippen LogP contribution in [0.3, 0.4) is 0 Å². The van der Waals surface area contributed by atoms with Crippen molar-refractivity contribution in [1.82, 2.24) is 0 Å². The van der Waals surface area contributed by atoms with Gasteiger partial charge in [0.2, 0.25) is 0 Å². The van der Waals surface area contributed by atoms with Crippen LogP contribution in [0.4, 0.5) is 4.39 Å². The number of aryl methyl sites for hydroxylation is 3. The molecule has 1 aliphatic carbocycles. The topological polar surface area (TPSA) is 0 Å². The molecule has 6 aromatic rings. The van der Waals surface area contributed by atoms with E-state index in [2.05, 4.69) is 316 Å². The zero-order valence-electron chi connectivity index (χ0n) is 64.9. The van der Waals surface area contributed by atoms with Gasteiger partial charge in [-0.3, -0.25) is 0 Å². The molecule has 92 heavy (non-hydrogen) atoms. The number of rotatable bonds is 13. The Labute approximate surface area is 580 Å². The molecule has 3 heteroatoms. The van der Waals surface area contributed by atoms with E-state index in [9.17, 15) is 4.39 Å². The van der Waals surface area contributed by atoms with E-state index < -0.39 is 0 Å². The first kappa shape index (κ1) is 85.8. The molecule has 6 atom stereocenters. The number of benzene rings is 6. The van der Waals surface area contributed by atoms with Crippen LogP contribution in [0.1, 0.15) is 330 Å². The third-order valence-corrected chi connectivity index (χ3v) is 17.0. The smallest absolute Gasteiger partial charge is 0.126 e. The minimum Gasteiger partial charge on any atom is -0.207 e. The maximum absolute atomic E-state index is 13.4.